The van der Waals surface area contributed by atoms with E-state index in [1.54, 1.807) is 6.20 Å². The topological polar surface area (TPSA) is 119 Å². The van der Waals surface area contributed by atoms with Gasteiger partial charge in [-0.05, 0) is 0 Å². The molecule has 0 aliphatic carbocycles. The Morgan fingerprint density at radius 2 is 2.33 bits per heavy atom. The number of hydrogen-bond acceptors (Lipinski definition) is 7. The molecular formula is C10H13N5O3. The van der Waals surface area contributed by atoms with E-state index in [0.29, 0.717) is 12.1 Å². The Bertz CT molecular complexity index is 572. The van der Waals surface area contributed by atoms with Crippen LogP contribution in [0.1, 0.15) is 18.1 Å². The number of rotatable bonds is 2. The molecule has 0 saturated carbocycles. The molecule has 2 aromatic rings. The molecule has 2 aromatic heterocycles. The van der Waals surface area contributed by atoms with Crippen molar-refractivity contribution in [3.05, 3.63) is 18.1 Å². The van der Waals surface area contributed by atoms with Gasteiger partial charge in [-0.15, -0.1) is 0 Å². The van der Waals surface area contributed by atoms with Crippen LogP contribution in [0.4, 0.5) is 5.95 Å². The zero-order valence-corrected chi connectivity index (χ0v) is 9.47. The van der Waals surface area contributed by atoms with Crippen molar-refractivity contribution in [3.63, 3.8) is 0 Å². The van der Waals surface area contributed by atoms with Gasteiger partial charge in [0.2, 0.25) is 5.95 Å². The van der Waals surface area contributed by atoms with Crippen LogP contribution in [-0.2, 0) is 4.74 Å². The van der Waals surface area contributed by atoms with E-state index in [4.69, 9.17) is 15.6 Å². The highest BCUT2D eigenvalue weighted by atomic mass is 16.5. The lowest BCUT2D eigenvalue weighted by Gasteiger charge is -2.10. The normalized spacial score (nSPS) is 28.0. The van der Waals surface area contributed by atoms with E-state index in [1.807, 2.05) is 0 Å². The van der Waals surface area contributed by atoms with Crippen molar-refractivity contribution in [2.24, 2.45) is 0 Å². The molecule has 18 heavy (non-hydrogen) atoms. The average Bonchev–Trinajstić information content (AvgIpc) is 2.93. The number of hydrogen-bond donors (Lipinski definition) is 3. The Labute approximate surface area is 102 Å². The van der Waals surface area contributed by atoms with Crippen LogP contribution < -0.4 is 5.73 Å². The van der Waals surface area contributed by atoms with E-state index in [0.717, 1.165) is 5.56 Å². The SMILES string of the molecule is Nc1ncnc2c(C3CC(O)C(CO)O3)cnn12. The minimum Gasteiger partial charge on any atom is -0.394 e. The molecule has 3 atom stereocenters. The second-order valence-corrected chi connectivity index (χ2v) is 4.22. The summed E-state index contributed by atoms with van der Waals surface area (Å²) < 4.78 is 6.97. The van der Waals surface area contributed by atoms with Gasteiger partial charge in [0.05, 0.1) is 25.0 Å². The number of nitrogen functional groups attached to an aromatic ring is 1. The first kappa shape index (κ1) is 11.3. The van der Waals surface area contributed by atoms with Gasteiger partial charge in [0.15, 0.2) is 5.65 Å². The van der Waals surface area contributed by atoms with Crippen LogP contribution in [0.3, 0.4) is 0 Å². The van der Waals surface area contributed by atoms with Crippen molar-refractivity contribution < 1.29 is 14.9 Å². The molecule has 1 aliphatic heterocycles. The standard InChI is InChI=1S/C10H13N5O3/c11-10-13-4-12-9-5(2-14-15(9)10)7-1-6(17)8(3-16)18-7/h2,4,6-8,16-17H,1,3H2,(H2,11,12,13). The first-order valence-electron chi connectivity index (χ1n) is 5.59. The van der Waals surface area contributed by atoms with Crippen molar-refractivity contribution in [1.29, 1.82) is 0 Å². The largest absolute Gasteiger partial charge is 0.394 e. The molecule has 8 nitrogen and oxygen atoms in total. The summed E-state index contributed by atoms with van der Waals surface area (Å²) in [6.07, 6.45) is 1.75. The number of fused-ring (bicyclic) bond motifs is 1. The molecule has 1 saturated heterocycles. The van der Waals surface area contributed by atoms with E-state index in [9.17, 15) is 5.11 Å². The molecule has 1 aliphatic rings. The second kappa shape index (κ2) is 4.16. The number of anilines is 1. The Kier molecular flexibility index (Phi) is 2.62. The summed E-state index contributed by atoms with van der Waals surface area (Å²) in [5, 5.41) is 22.9. The highest BCUT2D eigenvalue weighted by Gasteiger charge is 2.36. The van der Waals surface area contributed by atoms with E-state index in [-0.39, 0.29) is 18.7 Å². The summed E-state index contributed by atoms with van der Waals surface area (Å²) in [7, 11) is 0. The quantitative estimate of drug-likeness (QED) is 0.619. The predicted molar refractivity (Wildman–Crippen MR) is 60.5 cm³/mol. The van der Waals surface area contributed by atoms with Crippen molar-refractivity contribution >= 4 is 11.6 Å². The summed E-state index contributed by atoms with van der Waals surface area (Å²) in [4.78, 5) is 7.94. The predicted octanol–water partition coefficient (Wildman–Crippen LogP) is -1.11. The van der Waals surface area contributed by atoms with Crippen molar-refractivity contribution in [2.45, 2.75) is 24.7 Å². The average molecular weight is 251 g/mol. The number of nitrogens with zero attached hydrogens (tertiary/aromatic N) is 4. The van der Waals surface area contributed by atoms with Crippen LogP contribution >= 0.6 is 0 Å². The molecule has 0 aromatic carbocycles. The Morgan fingerprint density at radius 3 is 3.06 bits per heavy atom. The number of ether oxygens (including phenoxy) is 1. The molecular weight excluding hydrogens is 238 g/mol. The molecule has 3 rings (SSSR count). The number of aromatic nitrogens is 4. The summed E-state index contributed by atoms with van der Waals surface area (Å²) >= 11 is 0. The third kappa shape index (κ3) is 1.62. The Morgan fingerprint density at radius 1 is 1.50 bits per heavy atom. The zero-order valence-electron chi connectivity index (χ0n) is 9.47. The molecule has 3 heterocycles. The van der Waals surface area contributed by atoms with Gasteiger partial charge in [0.1, 0.15) is 12.4 Å². The lowest BCUT2D eigenvalue weighted by Crippen LogP contribution is -2.24. The number of aliphatic hydroxyl groups is 2. The number of aliphatic hydroxyl groups excluding tert-OH is 2. The molecule has 0 spiro atoms. The van der Waals surface area contributed by atoms with Gasteiger partial charge in [-0.2, -0.15) is 9.61 Å². The first-order chi connectivity index (χ1) is 8.70. The van der Waals surface area contributed by atoms with Crippen LogP contribution in [0.2, 0.25) is 0 Å². The fourth-order valence-corrected chi connectivity index (χ4v) is 2.17. The van der Waals surface area contributed by atoms with Gasteiger partial charge in [-0.3, -0.25) is 0 Å². The maximum absolute atomic E-state index is 9.72. The van der Waals surface area contributed by atoms with Gasteiger partial charge in [-0.25, -0.2) is 9.97 Å². The van der Waals surface area contributed by atoms with Gasteiger partial charge < -0.3 is 20.7 Å². The molecule has 8 heteroatoms. The molecule has 0 amide bonds. The molecule has 0 bridgehead atoms. The monoisotopic (exact) mass is 251 g/mol. The maximum atomic E-state index is 9.72. The Hall–Kier alpha value is -1.77. The van der Waals surface area contributed by atoms with Crippen LogP contribution in [0.25, 0.3) is 5.65 Å². The minimum absolute atomic E-state index is 0.214. The maximum Gasteiger partial charge on any atom is 0.224 e. The third-order valence-corrected chi connectivity index (χ3v) is 3.11. The fourth-order valence-electron chi connectivity index (χ4n) is 2.17. The molecule has 3 unspecified atom stereocenters. The summed E-state index contributed by atoms with van der Waals surface area (Å²) in [6.45, 7) is -0.214. The minimum atomic E-state index is -0.686. The highest BCUT2D eigenvalue weighted by molar-refractivity contribution is 5.50. The van der Waals surface area contributed by atoms with Gasteiger partial charge in [0.25, 0.3) is 0 Å². The smallest absolute Gasteiger partial charge is 0.224 e. The molecule has 4 N–H and O–H groups in total. The summed E-state index contributed by atoms with van der Waals surface area (Å²) in [6, 6.07) is 0. The van der Waals surface area contributed by atoms with Gasteiger partial charge in [0, 0.05) is 12.0 Å². The summed E-state index contributed by atoms with van der Waals surface area (Å²) in [5.41, 5.74) is 6.96. The van der Waals surface area contributed by atoms with Crippen LogP contribution in [0, 0.1) is 0 Å². The summed E-state index contributed by atoms with van der Waals surface area (Å²) in [5.74, 6) is 0.239. The second-order valence-electron chi connectivity index (χ2n) is 4.22. The van der Waals surface area contributed by atoms with Crippen molar-refractivity contribution in [2.75, 3.05) is 12.3 Å². The van der Waals surface area contributed by atoms with E-state index in [1.165, 1.54) is 10.8 Å². The highest BCUT2D eigenvalue weighted by Crippen LogP contribution is 2.34. The van der Waals surface area contributed by atoms with E-state index in [2.05, 4.69) is 15.1 Å². The molecule has 0 radical (unpaired) electrons. The molecule has 1 fully saturated rings. The van der Waals surface area contributed by atoms with Gasteiger partial charge >= 0.3 is 0 Å². The third-order valence-electron chi connectivity index (χ3n) is 3.11. The fraction of sp³-hybridized carbons (Fsp3) is 0.500. The van der Waals surface area contributed by atoms with Gasteiger partial charge in [-0.1, -0.05) is 0 Å². The zero-order chi connectivity index (χ0) is 12.7. The Balaban J connectivity index is 1.99. The molecule has 96 valence electrons. The van der Waals surface area contributed by atoms with E-state index < -0.39 is 12.2 Å². The lowest BCUT2D eigenvalue weighted by atomic mass is 10.1. The van der Waals surface area contributed by atoms with Crippen LogP contribution in [-0.4, -0.2) is 48.6 Å². The van der Waals surface area contributed by atoms with Crippen molar-refractivity contribution in [3.8, 4) is 0 Å². The first-order valence-corrected chi connectivity index (χ1v) is 5.59. The van der Waals surface area contributed by atoms with Crippen molar-refractivity contribution in [1.82, 2.24) is 19.6 Å². The van der Waals surface area contributed by atoms with Crippen LogP contribution in [0.15, 0.2) is 12.5 Å². The number of nitrogens with two attached hydrogens (primary N) is 1. The lowest BCUT2D eigenvalue weighted by molar-refractivity contribution is -0.0222. The van der Waals surface area contributed by atoms with E-state index >= 15 is 0 Å². The van der Waals surface area contributed by atoms with Crippen LogP contribution in [0.5, 0.6) is 0 Å².